The zero-order valence-electron chi connectivity index (χ0n) is 13.3. The van der Waals surface area contributed by atoms with Gasteiger partial charge in [-0.15, -0.1) is 0 Å². The lowest BCUT2D eigenvalue weighted by Crippen LogP contribution is -2.44. The van der Waals surface area contributed by atoms with Gasteiger partial charge < -0.3 is 9.80 Å². The summed E-state index contributed by atoms with van der Waals surface area (Å²) < 4.78 is 0. The van der Waals surface area contributed by atoms with Gasteiger partial charge in [-0.2, -0.15) is 0 Å². The number of carbonyl (C=O) groups excluding carboxylic acids is 1. The number of likely N-dealkylation sites (N-methyl/N-ethyl adjacent to an activating group) is 1. The molecular weight excluding hydrogens is 236 g/mol. The monoisotopic (exact) mass is 266 g/mol. The topological polar surface area (TPSA) is 23.6 Å². The van der Waals surface area contributed by atoms with E-state index in [0.717, 1.165) is 25.9 Å². The Bertz CT molecular complexity index is 315. The number of piperidine rings is 1. The average Bonchev–Trinajstić information content (AvgIpc) is 2.27. The van der Waals surface area contributed by atoms with Crippen LogP contribution in [0.25, 0.3) is 0 Å². The highest BCUT2D eigenvalue weighted by Gasteiger charge is 2.30. The first-order valence-corrected chi connectivity index (χ1v) is 7.40. The van der Waals surface area contributed by atoms with Gasteiger partial charge in [0.15, 0.2) is 0 Å². The second kappa shape index (κ2) is 7.09. The largest absolute Gasteiger partial charge is 0.342 e. The van der Waals surface area contributed by atoms with Gasteiger partial charge >= 0.3 is 0 Å². The minimum absolute atomic E-state index is 0.264. The van der Waals surface area contributed by atoms with E-state index in [4.69, 9.17) is 0 Å². The van der Waals surface area contributed by atoms with Crippen LogP contribution in [0.15, 0.2) is 12.2 Å². The normalized spacial score (nSPS) is 19.0. The van der Waals surface area contributed by atoms with Crippen molar-refractivity contribution in [3.63, 3.8) is 0 Å². The van der Waals surface area contributed by atoms with E-state index in [2.05, 4.69) is 27.4 Å². The van der Waals surface area contributed by atoms with Crippen LogP contribution >= 0.6 is 0 Å². The summed E-state index contributed by atoms with van der Waals surface area (Å²) >= 11 is 0. The molecule has 0 spiro atoms. The van der Waals surface area contributed by atoms with E-state index < -0.39 is 0 Å². The maximum Gasteiger partial charge on any atom is 0.236 e. The number of amides is 1. The molecule has 1 saturated heterocycles. The first-order valence-electron chi connectivity index (χ1n) is 7.40. The molecule has 1 rings (SSSR count). The second-order valence-electron chi connectivity index (χ2n) is 6.57. The minimum Gasteiger partial charge on any atom is -0.342 e. The van der Waals surface area contributed by atoms with E-state index in [9.17, 15) is 4.79 Å². The van der Waals surface area contributed by atoms with E-state index in [0.29, 0.717) is 24.3 Å². The number of likely N-dealkylation sites (tertiary alicyclic amines) is 1. The lowest BCUT2D eigenvalue weighted by Gasteiger charge is -2.38. The number of carbonyl (C=O) groups is 1. The van der Waals surface area contributed by atoms with Crippen molar-refractivity contribution < 1.29 is 4.79 Å². The molecule has 0 aliphatic carbocycles. The van der Waals surface area contributed by atoms with Gasteiger partial charge in [0.1, 0.15) is 0 Å². The third kappa shape index (κ3) is 4.64. The molecule has 0 N–H and O–H groups in total. The minimum atomic E-state index is 0.264. The molecule has 1 amide bonds. The first kappa shape index (κ1) is 16.2. The van der Waals surface area contributed by atoms with E-state index in [1.165, 1.54) is 5.57 Å². The summed E-state index contributed by atoms with van der Waals surface area (Å²) in [6.07, 6.45) is 2.24. The molecule has 0 aromatic rings. The van der Waals surface area contributed by atoms with Crippen LogP contribution in [0.1, 0.15) is 33.6 Å². The van der Waals surface area contributed by atoms with Crippen molar-refractivity contribution in [1.29, 1.82) is 0 Å². The first-order chi connectivity index (χ1) is 8.82. The molecule has 0 aromatic heterocycles. The molecule has 1 heterocycles. The van der Waals surface area contributed by atoms with Crippen LogP contribution in [0.2, 0.25) is 0 Å². The Morgan fingerprint density at radius 2 is 1.84 bits per heavy atom. The van der Waals surface area contributed by atoms with Gasteiger partial charge in [0, 0.05) is 13.1 Å². The summed E-state index contributed by atoms with van der Waals surface area (Å²) in [6.45, 7) is 13.2. The quantitative estimate of drug-likeness (QED) is 0.714. The molecule has 0 radical (unpaired) electrons. The van der Waals surface area contributed by atoms with Crippen LogP contribution in [0.3, 0.4) is 0 Å². The second-order valence-corrected chi connectivity index (χ2v) is 6.57. The Morgan fingerprint density at radius 1 is 1.32 bits per heavy atom. The summed E-state index contributed by atoms with van der Waals surface area (Å²) in [7, 11) is 3.89. The molecule has 1 aliphatic rings. The summed E-state index contributed by atoms with van der Waals surface area (Å²) in [5, 5.41) is 0. The van der Waals surface area contributed by atoms with Gasteiger partial charge in [0.05, 0.1) is 6.54 Å². The highest BCUT2D eigenvalue weighted by molar-refractivity contribution is 5.78. The molecular formula is C16H30N2O. The Labute approximate surface area is 118 Å². The van der Waals surface area contributed by atoms with Crippen molar-refractivity contribution in [2.24, 2.45) is 17.8 Å². The van der Waals surface area contributed by atoms with Crippen LogP contribution in [0.5, 0.6) is 0 Å². The standard InChI is InChI=1S/C16H30N2O/c1-12(2)16(13(3)4)14-7-9-18(10-8-14)15(19)11-17(5)6/h13-14,16H,1,7-11H2,2-6H3. The SMILES string of the molecule is C=C(C)C(C(C)C)C1CCN(C(=O)CN(C)C)CC1. The molecule has 1 aliphatic heterocycles. The van der Waals surface area contributed by atoms with Crippen molar-refractivity contribution in [3.05, 3.63) is 12.2 Å². The summed E-state index contributed by atoms with van der Waals surface area (Å²) in [4.78, 5) is 16.0. The molecule has 1 unspecified atom stereocenters. The van der Waals surface area contributed by atoms with Crippen molar-refractivity contribution in [2.45, 2.75) is 33.6 Å². The fraction of sp³-hybridized carbons (Fsp3) is 0.812. The number of nitrogens with zero attached hydrogens (tertiary/aromatic N) is 2. The third-order valence-corrected chi connectivity index (χ3v) is 4.14. The maximum atomic E-state index is 12.0. The van der Waals surface area contributed by atoms with Crippen LogP contribution in [-0.2, 0) is 4.79 Å². The Balaban J connectivity index is 2.52. The fourth-order valence-corrected chi connectivity index (χ4v) is 3.39. The Kier molecular flexibility index (Phi) is 6.05. The van der Waals surface area contributed by atoms with E-state index >= 15 is 0 Å². The maximum absolute atomic E-state index is 12.0. The molecule has 1 fully saturated rings. The van der Waals surface area contributed by atoms with Gasteiger partial charge in [-0.05, 0) is 51.6 Å². The van der Waals surface area contributed by atoms with Crippen LogP contribution < -0.4 is 0 Å². The smallest absolute Gasteiger partial charge is 0.236 e. The lowest BCUT2D eigenvalue weighted by atomic mass is 9.74. The van der Waals surface area contributed by atoms with E-state index in [-0.39, 0.29) is 5.91 Å². The van der Waals surface area contributed by atoms with E-state index in [1.54, 1.807) is 0 Å². The molecule has 1 atom stereocenters. The zero-order chi connectivity index (χ0) is 14.6. The third-order valence-electron chi connectivity index (χ3n) is 4.14. The summed E-state index contributed by atoms with van der Waals surface area (Å²) in [5.41, 5.74) is 1.30. The molecule has 3 heteroatoms. The summed E-state index contributed by atoms with van der Waals surface area (Å²) in [5.74, 6) is 2.21. The van der Waals surface area contributed by atoms with Crippen molar-refractivity contribution in [1.82, 2.24) is 9.80 Å². The van der Waals surface area contributed by atoms with Crippen molar-refractivity contribution >= 4 is 5.91 Å². The highest BCUT2D eigenvalue weighted by Crippen LogP contribution is 2.34. The molecule has 3 nitrogen and oxygen atoms in total. The number of hydrogen-bond donors (Lipinski definition) is 0. The highest BCUT2D eigenvalue weighted by atomic mass is 16.2. The van der Waals surface area contributed by atoms with Crippen LogP contribution in [0, 0.1) is 17.8 Å². The average molecular weight is 266 g/mol. The van der Waals surface area contributed by atoms with E-state index in [1.807, 2.05) is 23.9 Å². The van der Waals surface area contributed by atoms with Gasteiger partial charge in [0.2, 0.25) is 5.91 Å². The lowest BCUT2D eigenvalue weighted by molar-refractivity contribution is -0.133. The Morgan fingerprint density at radius 3 is 2.21 bits per heavy atom. The Hall–Kier alpha value is -0.830. The van der Waals surface area contributed by atoms with Gasteiger partial charge in [-0.1, -0.05) is 26.0 Å². The predicted molar refractivity (Wildman–Crippen MR) is 81.0 cm³/mol. The van der Waals surface area contributed by atoms with Crippen LogP contribution in [0.4, 0.5) is 0 Å². The van der Waals surface area contributed by atoms with Crippen molar-refractivity contribution in [2.75, 3.05) is 33.7 Å². The van der Waals surface area contributed by atoms with Crippen molar-refractivity contribution in [3.8, 4) is 0 Å². The molecule has 0 saturated carbocycles. The number of allylic oxidation sites excluding steroid dienone is 1. The van der Waals surface area contributed by atoms with Gasteiger partial charge in [-0.25, -0.2) is 0 Å². The fourth-order valence-electron chi connectivity index (χ4n) is 3.39. The number of hydrogen-bond acceptors (Lipinski definition) is 2. The molecule has 0 aromatic carbocycles. The molecule has 19 heavy (non-hydrogen) atoms. The zero-order valence-corrected chi connectivity index (χ0v) is 13.3. The van der Waals surface area contributed by atoms with Gasteiger partial charge in [0.25, 0.3) is 0 Å². The predicted octanol–water partition coefficient (Wildman–Crippen LogP) is 2.63. The molecule has 0 bridgehead atoms. The van der Waals surface area contributed by atoms with Gasteiger partial charge in [-0.3, -0.25) is 4.79 Å². The summed E-state index contributed by atoms with van der Waals surface area (Å²) in [6, 6.07) is 0. The molecule has 110 valence electrons. The number of rotatable bonds is 5. The van der Waals surface area contributed by atoms with Crippen LogP contribution in [-0.4, -0.2) is 49.4 Å².